The van der Waals surface area contributed by atoms with Gasteiger partial charge in [-0.2, -0.15) is 0 Å². The summed E-state index contributed by atoms with van der Waals surface area (Å²) in [6, 6.07) is 8.41. The topological polar surface area (TPSA) is 87.7 Å². The van der Waals surface area contributed by atoms with Crippen molar-refractivity contribution in [2.75, 3.05) is 4.72 Å². The predicted octanol–water partition coefficient (Wildman–Crippen LogP) is 2.07. The standard InChI is InChI=1S/C13H12N4O2S/c1-9-3-2-4-10(7-9)20(18,19)17-12-8-15-13-11(16-12)5-6-14-13/h2-8H,1H3,(H,14,15)(H,16,17). The molecule has 0 aliphatic heterocycles. The van der Waals surface area contributed by atoms with E-state index in [1.54, 1.807) is 24.4 Å². The number of nitrogens with one attached hydrogen (secondary N) is 2. The molecule has 0 spiro atoms. The van der Waals surface area contributed by atoms with Crippen molar-refractivity contribution in [1.29, 1.82) is 0 Å². The number of nitrogens with zero attached hydrogens (tertiary/aromatic N) is 2. The van der Waals surface area contributed by atoms with E-state index in [1.807, 2.05) is 13.0 Å². The molecule has 2 N–H and O–H groups in total. The molecule has 1 aromatic carbocycles. The van der Waals surface area contributed by atoms with Crippen LogP contribution in [0.15, 0.2) is 47.6 Å². The van der Waals surface area contributed by atoms with Crippen molar-refractivity contribution >= 4 is 27.0 Å². The van der Waals surface area contributed by atoms with Crippen LogP contribution in [0.2, 0.25) is 0 Å². The minimum Gasteiger partial charge on any atom is -0.345 e. The molecule has 0 saturated carbocycles. The molecule has 2 heterocycles. The monoisotopic (exact) mass is 288 g/mol. The lowest BCUT2D eigenvalue weighted by atomic mass is 10.2. The Hall–Kier alpha value is -2.41. The molecule has 0 saturated heterocycles. The fourth-order valence-corrected chi connectivity index (χ4v) is 2.95. The van der Waals surface area contributed by atoms with Crippen LogP contribution >= 0.6 is 0 Å². The minimum absolute atomic E-state index is 0.193. The average Bonchev–Trinajstić information content (AvgIpc) is 2.85. The van der Waals surface area contributed by atoms with Crippen LogP contribution in [0, 0.1) is 6.92 Å². The van der Waals surface area contributed by atoms with Crippen LogP contribution in [0.5, 0.6) is 0 Å². The molecule has 6 nitrogen and oxygen atoms in total. The van der Waals surface area contributed by atoms with Crippen molar-refractivity contribution in [2.45, 2.75) is 11.8 Å². The molecule has 0 unspecified atom stereocenters. The summed E-state index contributed by atoms with van der Waals surface area (Å²) in [6.07, 6.45) is 3.08. The first kappa shape index (κ1) is 12.6. The van der Waals surface area contributed by atoms with E-state index in [0.29, 0.717) is 11.2 Å². The predicted molar refractivity (Wildman–Crippen MR) is 75.9 cm³/mol. The summed E-state index contributed by atoms with van der Waals surface area (Å²) < 4.78 is 26.9. The third-order valence-corrected chi connectivity index (χ3v) is 4.15. The molecule has 0 radical (unpaired) electrons. The summed E-state index contributed by atoms with van der Waals surface area (Å²) in [4.78, 5) is 11.4. The van der Waals surface area contributed by atoms with Gasteiger partial charge in [-0.3, -0.25) is 4.72 Å². The highest BCUT2D eigenvalue weighted by Gasteiger charge is 2.15. The maximum absolute atomic E-state index is 12.2. The third kappa shape index (κ3) is 2.35. The molecule has 20 heavy (non-hydrogen) atoms. The second kappa shape index (κ2) is 4.61. The number of fused-ring (bicyclic) bond motifs is 1. The first-order chi connectivity index (χ1) is 9.54. The number of rotatable bonds is 3. The van der Waals surface area contributed by atoms with Crippen LogP contribution in [0.1, 0.15) is 5.56 Å². The Kier molecular flexibility index (Phi) is 2.90. The second-order valence-electron chi connectivity index (χ2n) is 4.39. The number of benzene rings is 1. The summed E-state index contributed by atoms with van der Waals surface area (Å²) in [5.41, 5.74) is 2.10. The van der Waals surface area contributed by atoms with Crippen LogP contribution in [0.4, 0.5) is 5.82 Å². The maximum Gasteiger partial charge on any atom is 0.263 e. The quantitative estimate of drug-likeness (QED) is 0.772. The average molecular weight is 288 g/mol. The fraction of sp³-hybridized carbons (Fsp3) is 0.0769. The van der Waals surface area contributed by atoms with Gasteiger partial charge < -0.3 is 4.98 Å². The summed E-state index contributed by atoms with van der Waals surface area (Å²) >= 11 is 0. The first-order valence-electron chi connectivity index (χ1n) is 5.94. The Labute approximate surface area is 115 Å². The molecule has 7 heteroatoms. The molecule has 3 rings (SSSR count). The van der Waals surface area contributed by atoms with Crippen molar-refractivity contribution in [3.63, 3.8) is 0 Å². The van der Waals surface area contributed by atoms with Crippen molar-refractivity contribution in [3.05, 3.63) is 48.3 Å². The van der Waals surface area contributed by atoms with E-state index in [-0.39, 0.29) is 10.7 Å². The van der Waals surface area contributed by atoms with Gasteiger partial charge in [-0.05, 0) is 30.7 Å². The Morgan fingerprint density at radius 1 is 1.25 bits per heavy atom. The van der Waals surface area contributed by atoms with Crippen molar-refractivity contribution in [2.24, 2.45) is 0 Å². The summed E-state index contributed by atoms with van der Waals surface area (Å²) in [5.74, 6) is 0.193. The van der Waals surface area contributed by atoms with Gasteiger partial charge in [0.05, 0.1) is 11.1 Å². The third-order valence-electron chi connectivity index (χ3n) is 2.80. The van der Waals surface area contributed by atoms with E-state index >= 15 is 0 Å². The van der Waals surface area contributed by atoms with Crippen molar-refractivity contribution in [1.82, 2.24) is 15.0 Å². The zero-order chi connectivity index (χ0) is 14.2. The number of hydrogen-bond donors (Lipinski definition) is 2. The van der Waals surface area contributed by atoms with Gasteiger partial charge in [-0.15, -0.1) is 0 Å². The molecule has 0 amide bonds. The molecular weight excluding hydrogens is 276 g/mol. The lowest BCUT2D eigenvalue weighted by Crippen LogP contribution is -2.14. The maximum atomic E-state index is 12.2. The lowest BCUT2D eigenvalue weighted by Gasteiger charge is -2.07. The smallest absolute Gasteiger partial charge is 0.263 e. The van der Waals surface area contributed by atoms with Crippen molar-refractivity contribution in [3.8, 4) is 0 Å². The zero-order valence-corrected chi connectivity index (χ0v) is 11.5. The number of H-pyrrole nitrogens is 1. The highest BCUT2D eigenvalue weighted by atomic mass is 32.2. The van der Waals surface area contributed by atoms with E-state index in [9.17, 15) is 8.42 Å². The van der Waals surface area contributed by atoms with E-state index in [0.717, 1.165) is 5.56 Å². The summed E-state index contributed by atoms with van der Waals surface area (Å²) in [6.45, 7) is 1.84. The Morgan fingerprint density at radius 2 is 2.10 bits per heavy atom. The molecule has 0 bridgehead atoms. The van der Waals surface area contributed by atoms with Gasteiger partial charge in [0.25, 0.3) is 10.0 Å². The Balaban J connectivity index is 1.96. The van der Waals surface area contributed by atoms with Crippen LogP contribution in [0.25, 0.3) is 11.2 Å². The van der Waals surface area contributed by atoms with Gasteiger partial charge >= 0.3 is 0 Å². The normalized spacial score (nSPS) is 11.7. The Bertz CT molecular complexity index is 871. The van der Waals surface area contributed by atoms with Gasteiger partial charge in [0.15, 0.2) is 11.5 Å². The molecule has 0 fully saturated rings. The molecule has 0 atom stereocenters. The molecule has 102 valence electrons. The van der Waals surface area contributed by atoms with E-state index < -0.39 is 10.0 Å². The summed E-state index contributed by atoms with van der Waals surface area (Å²) in [5, 5.41) is 0. The largest absolute Gasteiger partial charge is 0.345 e. The number of aromatic amines is 1. The van der Waals surface area contributed by atoms with E-state index in [4.69, 9.17) is 0 Å². The molecular formula is C13H12N4O2S. The van der Waals surface area contributed by atoms with Crippen LogP contribution in [0.3, 0.4) is 0 Å². The molecule has 0 aliphatic carbocycles. The van der Waals surface area contributed by atoms with Gasteiger partial charge in [-0.1, -0.05) is 12.1 Å². The van der Waals surface area contributed by atoms with E-state index in [2.05, 4.69) is 19.7 Å². The number of anilines is 1. The Morgan fingerprint density at radius 3 is 2.90 bits per heavy atom. The summed E-state index contributed by atoms with van der Waals surface area (Å²) in [7, 11) is -3.65. The highest BCUT2D eigenvalue weighted by Crippen LogP contribution is 2.16. The molecule has 2 aromatic heterocycles. The van der Waals surface area contributed by atoms with Gasteiger partial charge in [0.1, 0.15) is 5.52 Å². The number of aromatic nitrogens is 3. The number of hydrogen-bond acceptors (Lipinski definition) is 4. The van der Waals surface area contributed by atoms with Crippen LogP contribution in [-0.4, -0.2) is 23.4 Å². The van der Waals surface area contributed by atoms with Gasteiger partial charge in [0, 0.05) is 6.20 Å². The first-order valence-corrected chi connectivity index (χ1v) is 7.42. The zero-order valence-electron chi connectivity index (χ0n) is 10.7. The lowest BCUT2D eigenvalue weighted by molar-refractivity contribution is 0.601. The van der Waals surface area contributed by atoms with Crippen LogP contribution < -0.4 is 4.72 Å². The minimum atomic E-state index is -3.65. The van der Waals surface area contributed by atoms with Gasteiger partial charge in [-0.25, -0.2) is 18.4 Å². The van der Waals surface area contributed by atoms with E-state index in [1.165, 1.54) is 12.3 Å². The SMILES string of the molecule is Cc1cccc(S(=O)(=O)Nc2cnc3[nH]ccc3n2)c1. The fourth-order valence-electron chi connectivity index (χ4n) is 1.86. The van der Waals surface area contributed by atoms with Gasteiger partial charge in [0.2, 0.25) is 0 Å². The van der Waals surface area contributed by atoms with Crippen molar-refractivity contribution < 1.29 is 8.42 Å². The number of sulfonamides is 1. The highest BCUT2D eigenvalue weighted by molar-refractivity contribution is 7.92. The molecule has 3 aromatic rings. The number of aryl methyl sites for hydroxylation is 1. The van der Waals surface area contributed by atoms with Crippen LogP contribution in [-0.2, 0) is 10.0 Å². The second-order valence-corrected chi connectivity index (χ2v) is 6.07. The molecule has 0 aliphatic rings.